The summed E-state index contributed by atoms with van der Waals surface area (Å²) in [5.41, 5.74) is 1.62. The van der Waals surface area contributed by atoms with Crippen LogP contribution < -0.4 is 10.6 Å². The Morgan fingerprint density at radius 1 is 1.00 bits per heavy atom. The summed E-state index contributed by atoms with van der Waals surface area (Å²) in [5.74, 6) is -0.561. The fraction of sp³-hybridized carbons (Fsp3) is 0.133. The van der Waals surface area contributed by atoms with Crippen molar-refractivity contribution in [1.82, 2.24) is 5.32 Å². The summed E-state index contributed by atoms with van der Waals surface area (Å²) in [5, 5.41) is 6.34. The fourth-order valence-corrected chi connectivity index (χ4v) is 1.93. The number of anilines is 1. The lowest BCUT2D eigenvalue weighted by atomic mass is 10.1. The highest BCUT2D eigenvalue weighted by atomic mass is 32.1. The first-order valence-corrected chi connectivity index (χ1v) is 6.59. The molecule has 0 saturated heterocycles. The minimum atomic E-state index is -0.316. The summed E-state index contributed by atoms with van der Waals surface area (Å²) < 4.78 is 25.7. The van der Waals surface area contributed by atoms with Crippen molar-refractivity contribution in [3.63, 3.8) is 0 Å². The van der Waals surface area contributed by atoms with Gasteiger partial charge in [0, 0.05) is 12.2 Å². The van der Waals surface area contributed by atoms with Gasteiger partial charge in [0.15, 0.2) is 5.11 Å². The SMILES string of the molecule is Fc1ccc(CCNC(=S)Nc2cccc(F)c2)cc1. The Kier molecular flexibility index (Phi) is 5.01. The van der Waals surface area contributed by atoms with Crippen LogP contribution in [0.4, 0.5) is 14.5 Å². The number of rotatable bonds is 4. The van der Waals surface area contributed by atoms with Crippen molar-refractivity contribution in [1.29, 1.82) is 0 Å². The molecular formula is C15H14F2N2S. The highest BCUT2D eigenvalue weighted by Gasteiger charge is 1.99. The van der Waals surface area contributed by atoms with Gasteiger partial charge in [0.2, 0.25) is 0 Å². The van der Waals surface area contributed by atoms with E-state index < -0.39 is 0 Å². The predicted octanol–water partition coefficient (Wildman–Crippen LogP) is 3.49. The summed E-state index contributed by atoms with van der Waals surface area (Å²) in [7, 11) is 0. The van der Waals surface area contributed by atoms with Crippen molar-refractivity contribution in [2.75, 3.05) is 11.9 Å². The lowest BCUT2D eigenvalue weighted by Gasteiger charge is -2.10. The molecule has 0 aromatic heterocycles. The standard InChI is InChI=1S/C15H14F2N2S/c16-12-6-4-11(5-7-12)8-9-18-15(20)19-14-3-1-2-13(17)10-14/h1-7,10H,8-9H2,(H2,18,19,20). The molecule has 2 aromatic carbocycles. The second-order valence-corrected chi connectivity index (χ2v) is 4.68. The maximum absolute atomic E-state index is 13.0. The molecule has 0 radical (unpaired) electrons. The molecule has 2 N–H and O–H groups in total. The fourth-order valence-electron chi connectivity index (χ4n) is 1.71. The van der Waals surface area contributed by atoms with Crippen molar-refractivity contribution in [2.45, 2.75) is 6.42 Å². The zero-order chi connectivity index (χ0) is 14.4. The molecule has 104 valence electrons. The van der Waals surface area contributed by atoms with E-state index in [0.29, 0.717) is 17.3 Å². The van der Waals surface area contributed by atoms with Gasteiger partial charge in [-0.2, -0.15) is 0 Å². The van der Waals surface area contributed by atoms with Gasteiger partial charge in [0.05, 0.1) is 0 Å². The summed E-state index contributed by atoms with van der Waals surface area (Å²) in [4.78, 5) is 0. The molecule has 0 aliphatic heterocycles. The molecule has 0 fully saturated rings. The highest BCUT2D eigenvalue weighted by Crippen LogP contribution is 2.08. The molecule has 0 saturated carbocycles. The summed E-state index contributed by atoms with van der Waals surface area (Å²) in [6.07, 6.45) is 0.727. The Hall–Kier alpha value is -2.01. The Morgan fingerprint density at radius 3 is 2.45 bits per heavy atom. The number of hydrogen-bond acceptors (Lipinski definition) is 1. The van der Waals surface area contributed by atoms with Crippen molar-refractivity contribution in [2.24, 2.45) is 0 Å². The molecule has 0 spiro atoms. The minimum Gasteiger partial charge on any atom is -0.362 e. The Morgan fingerprint density at radius 2 is 1.75 bits per heavy atom. The Balaban J connectivity index is 1.76. The molecular weight excluding hydrogens is 278 g/mol. The van der Waals surface area contributed by atoms with E-state index in [9.17, 15) is 8.78 Å². The van der Waals surface area contributed by atoms with Crippen LogP contribution in [0.5, 0.6) is 0 Å². The smallest absolute Gasteiger partial charge is 0.170 e. The van der Waals surface area contributed by atoms with E-state index in [2.05, 4.69) is 10.6 Å². The van der Waals surface area contributed by atoms with Crippen LogP contribution in [0.15, 0.2) is 48.5 Å². The van der Waals surface area contributed by atoms with E-state index in [0.717, 1.165) is 12.0 Å². The number of thiocarbonyl (C=S) groups is 1. The number of benzene rings is 2. The zero-order valence-corrected chi connectivity index (χ0v) is 11.5. The van der Waals surface area contributed by atoms with Gasteiger partial charge in [-0.05, 0) is 54.5 Å². The third kappa shape index (κ3) is 4.59. The van der Waals surface area contributed by atoms with Crippen LogP contribution in [0.2, 0.25) is 0 Å². The van der Waals surface area contributed by atoms with Gasteiger partial charge in [-0.25, -0.2) is 8.78 Å². The van der Waals surface area contributed by atoms with Crippen LogP contribution in [-0.4, -0.2) is 11.7 Å². The van der Waals surface area contributed by atoms with Gasteiger partial charge in [-0.1, -0.05) is 18.2 Å². The van der Waals surface area contributed by atoms with Crippen LogP contribution in [0.25, 0.3) is 0 Å². The first-order chi connectivity index (χ1) is 9.63. The monoisotopic (exact) mass is 292 g/mol. The van der Waals surface area contributed by atoms with Gasteiger partial charge >= 0.3 is 0 Å². The van der Waals surface area contributed by atoms with Gasteiger partial charge in [-0.3, -0.25) is 0 Å². The van der Waals surface area contributed by atoms with Crippen LogP contribution >= 0.6 is 12.2 Å². The number of nitrogens with one attached hydrogen (secondary N) is 2. The van der Waals surface area contributed by atoms with E-state index in [1.54, 1.807) is 24.3 Å². The lowest BCUT2D eigenvalue weighted by molar-refractivity contribution is 0.626. The second kappa shape index (κ2) is 6.96. The van der Waals surface area contributed by atoms with E-state index in [1.165, 1.54) is 24.3 Å². The molecule has 2 rings (SSSR count). The quantitative estimate of drug-likeness (QED) is 0.844. The number of halogens is 2. The molecule has 2 nitrogen and oxygen atoms in total. The molecule has 0 aliphatic carbocycles. The predicted molar refractivity (Wildman–Crippen MR) is 80.7 cm³/mol. The largest absolute Gasteiger partial charge is 0.362 e. The van der Waals surface area contributed by atoms with Crippen LogP contribution in [-0.2, 0) is 6.42 Å². The molecule has 0 aliphatic rings. The highest BCUT2D eigenvalue weighted by molar-refractivity contribution is 7.80. The molecule has 0 atom stereocenters. The number of hydrogen-bond donors (Lipinski definition) is 2. The molecule has 2 aromatic rings. The third-order valence-corrected chi connectivity index (χ3v) is 2.94. The van der Waals surface area contributed by atoms with Crippen molar-refractivity contribution in [3.05, 3.63) is 65.7 Å². The molecule has 0 bridgehead atoms. The van der Waals surface area contributed by atoms with E-state index in [4.69, 9.17) is 12.2 Å². The molecule has 20 heavy (non-hydrogen) atoms. The van der Waals surface area contributed by atoms with Gasteiger partial charge in [0.1, 0.15) is 11.6 Å². The Bertz CT molecular complexity index is 585. The maximum Gasteiger partial charge on any atom is 0.170 e. The summed E-state index contributed by atoms with van der Waals surface area (Å²) >= 11 is 5.11. The van der Waals surface area contributed by atoms with Gasteiger partial charge < -0.3 is 10.6 Å². The molecule has 0 amide bonds. The third-order valence-electron chi connectivity index (χ3n) is 2.69. The van der Waals surface area contributed by atoms with Crippen LogP contribution in [0.3, 0.4) is 0 Å². The second-order valence-electron chi connectivity index (χ2n) is 4.27. The zero-order valence-electron chi connectivity index (χ0n) is 10.7. The van der Waals surface area contributed by atoms with Crippen molar-refractivity contribution < 1.29 is 8.78 Å². The first-order valence-electron chi connectivity index (χ1n) is 6.18. The van der Waals surface area contributed by atoms with Gasteiger partial charge in [-0.15, -0.1) is 0 Å². The topological polar surface area (TPSA) is 24.1 Å². The van der Waals surface area contributed by atoms with Crippen molar-refractivity contribution >= 4 is 23.0 Å². The molecule has 0 unspecified atom stereocenters. The normalized spacial score (nSPS) is 10.1. The average molecular weight is 292 g/mol. The minimum absolute atomic E-state index is 0.245. The first kappa shape index (κ1) is 14.4. The van der Waals surface area contributed by atoms with Crippen LogP contribution in [0, 0.1) is 11.6 Å². The van der Waals surface area contributed by atoms with Crippen LogP contribution in [0.1, 0.15) is 5.56 Å². The maximum atomic E-state index is 13.0. The Labute approximate surface area is 121 Å². The molecule has 5 heteroatoms. The van der Waals surface area contributed by atoms with E-state index in [-0.39, 0.29) is 11.6 Å². The molecule has 0 heterocycles. The summed E-state index contributed by atoms with van der Waals surface area (Å²) in [6.45, 7) is 0.618. The van der Waals surface area contributed by atoms with Crippen molar-refractivity contribution in [3.8, 4) is 0 Å². The lowest BCUT2D eigenvalue weighted by Crippen LogP contribution is -2.30. The summed E-state index contributed by atoms with van der Waals surface area (Å²) in [6, 6.07) is 12.4. The van der Waals surface area contributed by atoms with E-state index >= 15 is 0 Å². The van der Waals surface area contributed by atoms with Gasteiger partial charge in [0.25, 0.3) is 0 Å². The van der Waals surface area contributed by atoms with E-state index in [1.807, 2.05) is 0 Å². The average Bonchev–Trinajstić information content (AvgIpc) is 2.41.